The van der Waals surface area contributed by atoms with Crippen molar-refractivity contribution in [3.05, 3.63) is 63.7 Å². The van der Waals surface area contributed by atoms with Crippen LogP contribution in [0.15, 0.2) is 36.4 Å². The molecule has 3 aromatic rings. The molecule has 0 saturated carbocycles. The van der Waals surface area contributed by atoms with Crippen molar-refractivity contribution >= 4 is 12.2 Å². The summed E-state index contributed by atoms with van der Waals surface area (Å²) < 4.78 is 13.3. The monoisotopic (exact) mass is 355 g/mol. The van der Waals surface area contributed by atoms with Gasteiger partial charge in [0, 0.05) is 6.42 Å². The van der Waals surface area contributed by atoms with E-state index in [0.29, 0.717) is 22.7 Å². The van der Waals surface area contributed by atoms with Crippen LogP contribution < -0.4 is 9.47 Å². The summed E-state index contributed by atoms with van der Waals surface area (Å²) in [6.45, 7) is 4.19. The molecule has 0 fully saturated rings. The Morgan fingerprint density at radius 1 is 1.08 bits per heavy atom. The highest BCUT2D eigenvalue weighted by atomic mass is 32.1. The minimum absolute atomic E-state index is 0.587. The van der Waals surface area contributed by atoms with Gasteiger partial charge in [-0.3, -0.25) is 9.67 Å². The summed E-state index contributed by atoms with van der Waals surface area (Å²) in [5.41, 5.74) is 4.53. The third-order valence-electron chi connectivity index (χ3n) is 4.37. The third kappa shape index (κ3) is 3.30. The fourth-order valence-corrected chi connectivity index (χ4v) is 3.10. The number of rotatable bonds is 5. The standard InChI is InChI=1S/C19H21N3O2S/c1-12-6-5-7-15(13(12)2)22-18(20-21-19(22)25)11-14-8-9-16(23-3)17(10-14)24-4/h5-10H,11H2,1-4H3,(H,21,25). The summed E-state index contributed by atoms with van der Waals surface area (Å²) in [5, 5.41) is 7.34. The van der Waals surface area contributed by atoms with Gasteiger partial charge in [-0.15, -0.1) is 0 Å². The number of aromatic amines is 1. The lowest BCUT2D eigenvalue weighted by Gasteiger charge is -2.13. The predicted molar refractivity (Wildman–Crippen MR) is 101 cm³/mol. The Bertz CT molecular complexity index is 960. The molecule has 3 rings (SSSR count). The number of H-pyrrole nitrogens is 1. The van der Waals surface area contributed by atoms with Crippen molar-refractivity contribution < 1.29 is 9.47 Å². The van der Waals surface area contributed by atoms with Gasteiger partial charge in [0.15, 0.2) is 16.3 Å². The Morgan fingerprint density at radius 2 is 1.84 bits per heavy atom. The van der Waals surface area contributed by atoms with E-state index in [1.807, 2.05) is 28.8 Å². The van der Waals surface area contributed by atoms with Crippen LogP contribution in [-0.2, 0) is 6.42 Å². The summed E-state index contributed by atoms with van der Waals surface area (Å²) >= 11 is 5.46. The highest BCUT2D eigenvalue weighted by Crippen LogP contribution is 2.29. The van der Waals surface area contributed by atoms with E-state index in [1.165, 1.54) is 11.1 Å². The van der Waals surface area contributed by atoms with Crippen molar-refractivity contribution in [1.29, 1.82) is 0 Å². The predicted octanol–water partition coefficient (Wildman–Crippen LogP) is 4.15. The van der Waals surface area contributed by atoms with E-state index in [4.69, 9.17) is 21.7 Å². The topological polar surface area (TPSA) is 52.1 Å². The molecule has 0 aliphatic rings. The number of benzene rings is 2. The Kier molecular flexibility index (Phi) is 4.90. The van der Waals surface area contributed by atoms with Crippen LogP contribution in [0, 0.1) is 18.6 Å². The van der Waals surface area contributed by atoms with Gasteiger partial charge in [-0.1, -0.05) is 18.2 Å². The summed E-state index contributed by atoms with van der Waals surface area (Å²) in [5.74, 6) is 2.26. The van der Waals surface area contributed by atoms with Crippen LogP contribution in [0.5, 0.6) is 11.5 Å². The van der Waals surface area contributed by atoms with Crippen LogP contribution in [-0.4, -0.2) is 29.0 Å². The Morgan fingerprint density at radius 3 is 2.56 bits per heavy atom. The molecular weight excluding hydrogens is 334 g/mol. The van der Waals surface area contributed by atoms with Crippen molar-refractivity contribution in [3.8, 4) is 17.2 Å². The van der Waals surface area contributed by atoms with Gasteiger partial charge in [0.2, 0.25) is 0 Å². The maximum Gasteiger partial charge on any atom is 0.199 e. The number of nitrogens with one attached hydrogen (secondary N) is 1. The molecule has 0 spiro atoms. The van der Waals surface area contributed by atoms with Gasteiger partial charge in [-0.25, -0.2) is 0 Å². The fourth-order valence-electron chi connectivity index (χ4n) is 2.85. The van der Waals surface area contributed by atoms with Crippen LogP contribution >= 0.6 is 12.2 Å². The molecule has 130 valence electrons. The average molecular weight is 355 g/mol. The Hall–Kier alpha value is -2.60. The summed E-state index contributed by atoms with van der Waals surface area (Å²) in [6, 6.07) is 12.1. The molecule has 1 aromatic heterocycles. The van der Waals surface area contributed by atoms with Crippen LogP contribution in [0.3, 0.4) is 0 Å². The van der Waals surface area contributed by atoms with E-state index in [-0.39, 0.29) is 0 Å². The molecule has 1 N–H and O–H groups in total. The average Bonchev–Trinajstić information content (AvgIpc) is 2.97. The second-order valence-electron chi connectivity index (χ2n) is 5.87. The molecular formula is C19H21N3O2S. The number of aryl methyl sites for hydroxylation is 1. The van der Waals surface area contributed by atoms with Gasteiger partial charge >= 0.3 is 0 Å². The summed E-state index contributed by atoms with van der Waals surface area (Å²) in [4.78, 5) is 0. The first-order valence-electron chi connectivity index (χ1n) is 7.99. The Balaban J connectivity index is 2.03. The minimum atomic E-state index is 0.587. The SMILES string of the molecule is COc1ccc(Cc2n[nH]c(=S)n2-c2cccc(C)c2C)cc1OC. The van der Waals surface area contributed by atoms with Gasteiger partial charge in [0.1, 0.15) is 5.82 Å². The first kappa shape index (κ1) is 17.2. The zero-order chi connectivity index (χ0) is 18.0. The Labute approximate surface area is 152 Å². The smallest absolute Gasteiger partial charge is 0.199 e. The largest absolute Gasteiger partial charge is 0.493 e. The van der Waals surface area contributed by atoms with Crippen molar-refractivity contribution in [2.45, 2.75) is 20.3 Å². The molecule has 0 amide bonds. The number of nitrogens with zero attached hydrogens (tertiary/aromatic N) is 2. The number of aromatic nitrogens is 3. The van der Waals surface area contributed by atoms with Gasteiger partial charge in [-0.05, 0) is 61.0 Å². The van der Waals surface area contributed by atoms with Crippen LogP contribution in [0.2, 0.25) is 0 Å². The maximum absolute atomic E-state index is 5.46. The second kappa shape index (κ2) is 7.11. The number of ether oxygens (including phenoxy) is 2. The molecule has 0 aliphatic heterocycles. The van der Waals surface area contributed by atoms with Crippen LogP contribution in [0.1, 0.15) is 22.5 Å². The molecule has 2 aromatic carbocycles. The van der Waals surface area contributed by atoms with Gasteiger partial charge in [0.25, 0.3) is 0 Å². The molecule has 0 bridgehead atoms. The van der Waals surface area contributed by atoms with E-state index in [2.05, 4.69) is 36.2 Å². The molecule has 6 heteroatoms. The molecule has 25 heavy (non-hydrogen) atoms. The number of methoxy groups -OCH3 is 2. The maximum atomic E-state index is 5.46. The van der Waals surface area contributed by atoms with Gasteiger partial charge < -0.3 is 9.47 Å². The highest BCUT2D eigenvalue weighted by Gasteiger charge is 2.13. The number of hydrogen-bond acceptors (Lipinski definition) is 4. The first-order valence-corrected chi connectivity index (χ1v) is 8.39. The quantitative estimate of drug-likeness (QED) is 0.699. The van der Waals surface area contributed by atoms with Gasteiger partial charge in [0.05, 0.1) is 19.9 Å². The van der Waals surface area contributed by atoms with Crippen molar-refractivity contribution in [2.75, 3.05) is 14.2 Å². The molecule has 0 saturated heterocycles. The molecule has 0 aliphatic carbocycles. The van der Waals surface area contributed by atoms with Gasteiger partial charge in [-0.2, -0.15) is 5.10 Å². The normalized spacial score (nSPS) is 10.7. The molecule has 0 unspecified atom stereocenters. The molecule has 5 nitrogen and oxygen atoms in total. The lowest BCUT2D eigenvalue weighted by Crippen LogP contribution is -2.05. The first-order chi connectivity index (χ1) is 12.0. The fraction of sp³-hybridized carbons (Fsp3) is 0.263. The zero-order valence-corrected chi connectivity index (χ0v) is 15.6. The lowest BCUT2D eigenvalue weighted by molar-refractivity contribution is 0.354. The van der Waals surface area contributed by atoms with E-state index < -0.39 is 0 Å². The molecule has 0 atom stereocenters. The van der Waals surface area contributed by atoms with E-state index in [1.54, 1.807) is 14.2 Å². The lowest BCUT2D eigenvalue weighted by atomic mass is 10.1. The summed E-state index contributed by atoms with van der Waals surface area (Å²) in [6.07, 6.45) is 0.626. The van der Waals surface area contributed by atoms with E-state index >= 15 is 0 Å². The highest BCUT2D eigenvalue weighted by molar-refractivity contribution is 7.71. The number of hydrogen-bond donors (Lipinski definition) is 1. The minimum Gasteiger partial charge on any atom is -0.493 e. The summed E-state index contributed by atoms with van der Waals surface area (Å²) in [7, 11) is 3.26. The van der Waals surface area contributed by atoms with Crippen LogP contribution in [0.25, 0.3) is 5.69 Å². The zero-order valence-electron chi connectivity index (χ0n) is 14.8. The van der Waals surface area contributed by atoms with Crippen molar-refractivity contribution in [3.63, 3.8) is 0 Å². The van der Waals surface area contributed by atoms with Crippen LogP contribution in [0.4, 0.5) is 0 Å². The van der Waals surface area contributed by atoms with Crippen molar-refractivity contribution in [1.82, 2.24) is 14.8 Å². The molecule has 1 heterocycles. The molecule has 0 radical (unpaired) electrons. The van der Waals surface area contributed by atoms with E-state index in [0.717, 1.165) is 17.1 Å². The third-order valence-corrected chi connectivity index (χ3v) is 4.64. The van der Waals surface area contributed by atoms with E-state index in [9.17, 15) is 0 Å². The van der Waals surface area contributed by atoms with Crippen molar-refractivity contribution in [2.24, 2.45) is 0 Å². The second-order valence-corrected chi connectivity index (χ2v) is 6.25.